The van der Waals surface area contributed by atoms with E-state index in [1.807, 2.05) is 0 Å². The number of anilines is 1. The Bertz CT molecular complexity index is 1280. The van der Waals surface area contributed by atoms with Gasteiger partial charge in [0.05, 0.1) is 19.0 Å². The lowest BCUT2D eigenvalue weighted by atomic mass is 9.93. The second-order valence-electron chi connectivity index (χ2n) is 6.86. The number of aliphatic hydroxyl groups excluding tert-OH is 1. The zero-order valence-electron chi connectivity index (χ0n) is 16.7. The molecule has 0 aromatic carbocycles. The van der Waals surface area contributed by atoms with Gasteiger partial charge in [-0.3, -0.25) is 9.09 Å². The van der Waals surface area contributed by atoms with E-state index in [-0.39, 0.29) is 17.0 Å². The second kappa shape index (κ2) is 9.22. The molecule has 2 aromatic rings. The highest BCUT2D eigenvalue weighted by atomic mass is 31.3. The molecule has 1 aliphatic heterocycles. The molecule has 0 saturated carbocycles. The maximum atomic E-state index is 12.0. The van der Waals surface area contributed by atoms with E-state index in [0.29, 0.717) is 0 Å². The van der Waals surface area contributed by atoms with Crippen LogP contribution in [0.1, 0.15) is 13.2 Å². The van der Waals surface area contributed by atoms with E-state index in [4.69, 9.17) is 25.8 Å². The van der Waals surface area contributed by atoms with Crippen molar-refractivity contribution in [2.75, 3.05) is 12.3 Å². The van der Waals surface area contributed by atoms with Crippen LogP contribution in [0.4, 0.5) is 5.82 Å². The van der Waals surface area contributed by atoms with Gasteiger partial charge >= 0.3 is 23.5 Å². The van der Waals surface area contributed by atoms with E-state index >= 15 is 0 Å². The second-order valence-corrected chi connectivity index (χ2v) is 11.3. The number of aliphatic hydroxyl groups is 1. The number of rotatable bonds is 9. The molecule has 2 unspecified atom stereocenters. The molecule has 34 heavy (non-hydrogen) atoms. The zero-order chi connectivity index (χ0) is 25.5. The van der Waals surface area contributed by atoms with Crippen LogP contribution in [0.25, 0.3) is 21.6 Å². The topological polar surface area (TPSA) is 308 Å². The Labute approximate surface area is 188 Å². The molecule has 3 rings (SSSR count). The first-order valence-corrected chi connectivity index (χ1v) is 13.2. The van der Waals surface area contributed by atoms with Crippen LogP contribution in [0.5, 0.6) is 0 Å². The highest BCUT2D eigenvalue weighted by Crippen LogP contribution is 2.66. The Morgan fingerprint density at radius 2 is 1.91 bits per heavy atom. The Hall–Kier alpha value is -2.01. The lowest BCUT2D eigenvalue weighted by molar-refractivity contribution is -0.0446. The molecule has 0 amide bonds. The number of phosphoric ester groups is 1. The van der Waals surface area contributed by atoms with Crippen LogP contribution < -0.4 is 5.73 Å². The van der Waals surface area contributed by atoms with Crippen molar-refractivity contribution >= 4 is 40.4 Å². The largest absolute Gasteiger partial charge is 0.490 e. The summed E-state index contributed by atoms with van der Waals surface area (Å²) in [4.78, 5) is 50.5. The number of nitrogen functional groups attached to an aromatic ring is 1. The van der Waals surface area contributed by atoms with Crippen LogP contribution in [0.3, 0.4) is 0 Å². The Morgan fingerprint density at radius 3 is 2.53 bits per heavy atom. The lowest BCUT2D eigenvalue weighted by Crippen LogP contribution is -2.42. The minimum Gasteiger partial charge on any atom is -0.389 e. The first-order valence-electron chi connectivity index (χ1n) is 8.70. The fourth-order valence-electron chi connectivity index (χ4n) is 3.10. The van der Waals surface area contributed by atoms with Crippen molar-refractivity contribution in [3.63, 3.8) is 0 Å². The van der Waals surface area contributed by atoms with E-state index in [9.17, 15) is 28.6 Å². The van der Waals surface area contributed by atoms with Gasteiger partial charge in [-0.25, -0.2) is 28.6 Å². The van der Waals surface area contributed by atoms with E-state index in [1.54, 1.807) is 0 Å². The lowest BCUT2D eigenvalue weighted by Gasteiger charge is -2.27. The summed E-state index contributed by atoms with van der Waals surface area (Å²) in [5.74, 6) is 0.0250. The number of azide groups is 1. The average molecular weight is 546 g/mol. The van der Waals surface area contributed by atoms with Crippen LogP contribution in [0.15, 0.2) is 17.8 Å². The minimum absolute atomic E-state index is 0.0250. The Morgan fingerprint density at radius 1 is 1.24 bits per heavy atom. The maximum Gasteiger partial charge on any atom is 0.490 e. The summed E-state index contributed by atoms with van der Waals surface area (Å²) in [5, 5.41) is 14.3. The van der Waals surface area contributed by atoms with Gasteiger partial charge in [-0.1, -0.05) is 5.11 Å². The van der Waals surface area contributed by atoms with E-state index in [2.05, 4.69) is 38.1 Å². The van der Waals surface area contributed by atoms with Crippen molar-refractivity contribution in [2.24, 2.45) is 5.11 Å². The van der Waals surface area contributed by atoms with Gasteiger partial charge < -0.3 is 35.2 Å². The van der Waals surface area contributed by atoms with Crippen molar-refractivity contribution in [2.45, 2.75) is 30.9 Å². The van der Waals surface area contributed by atoms with Gasteiger partial charge in [0.15, 0.2) is 17.7 Å². The number of hydrogen-bond donors (Lipinski definition) is 6. The monoisotopic (exact) mass is 546 g/mol. The summed E-state index contributed by atoms with van der Waals surface area (Å²) in [7, 11) is -16.8. The van der Waals surface area contributed by atoms with Crippen LogP contribution in [0, 0.1) is 0 Å². The van der Waals surface area contributed by atoms with Gasteiger partial charge in [0, 0.05) is 4.91 Å². The van der Waals surface area contributed by atoms with Crippen LogP contribution in [-0.2, 0) is 31.6 Å². The van der Waals surface area contributed by atoms with Crippen LogP contribution in [0.2, 0.25) is 0 Å². The van der Waals surface area contributed by atoms with E-state index in [0.717, 1.165) is 6.33 Å². The standard InChI is InChI=1S/C11H17N8O12P3/c1-11(17-18-13)7(20)5(2-28-33(24,25)31-34(26,27)30-32(21,22)23)29-10(11)19-4-16-6-8(12)14-3-15-9(6)19/h3-5,7,10,20H,2H2,1H3,(H,24,25)(H,26,27)(H2,12,14,15)(H2,21,22,23)/t5-,7-,10-,11-/m1/s1. The number of aromatic nitrogens is 4. The molecule has 0 aliphatic carbocycles. The third-order valence-corrected chi connectivity index (χ3v) is 8.27. The molecule has 1 saturated heterocycles. The van der Waals surface area contributed by atoms with Gasteiger partial charge in [-0.05, 0) is 12.5 Å². The number of nitrogens with two attached hydrogens (primary N) is 1. The molecule has 23 heteroatoms. The fourth-order valence-corrected chi connectivity index (χ4v) is 6.13. The van der Waals surface area contributed by atoms with Gasteiger partial charge in [0.1, 0.15) is 23.5 Å². The first kappa shape index (κ1) is 26.6. The van der Waals surface area contributed by atoms with Gasteiger partial charge in [0.2, 0.25) is 0 Å². The highest BCUT2D eigenvalue weighted by Gasteiger charge is 2.55. The Kier molecular flexibility index (Phi) is 7.21. The third-order valence-electron chi connectivity index (χ3n) is 4.47. The molecule has 188 valence electrons. The number of phosphoric acid groups is 3. The summed E-state index contributed by atoms with van der Waals surface area (Å²) in [6.45, 7) is 0.310. The molecular formula is C11H17N8O12P3. The fraction of sp³-hybridized carbons (Fsp3) is 0.545. The molecule has 20 nitrogen and oxygen atoms in total. The predicted octanol–water partition coefficient (Wildman–Crippen LogP) is 0.0791. The van der Waals surface area contributed by atoms with E-state index < -0.39 is 54.0 Å². The number of fused-ring (bicyclic) bond motifs is 1. The summed E-state index contributed by atoms with van der Waals surface area (Å²) in [5.41, 5.74) is 13.3. The van der Waals surface area contributed by atoms with Crippen molar-refractivity contribution in [1.29, 1.82) is 0 Å². The summed E-state index contributed by atoms with van der Waals surface area (Å²) in [6.07, 6.45) is -2.14. The van der Waals surface area contributed by atoms with Crippen LogP contribution in [-0.4, -0.2) is 68.6 Å². The van der Waals surface area contributed by atoms with Crippen LogP contribution >= 0.6 is 23.5 Å². The smallest absolute Gasteiger partial charge is 0.389 e. The molecule has 0 bridgehead atoms. The molecule has 1 fully saturated rings. The number of nitrogens with zero attached hydrogens (tertiary/aromatic N) is 7. The van der Waals surface area contributed by atoms with Gasteiger partial charge in [-0.15, -0.1) is 0 Å². The molecule has 1 aliphatic rings. The minimum atomic E-state index is -5.74. The molecule has 0 radical (unpaired) electrons. The summed E-state index contributed by atoms with van der Waals surface area (Å²) in [6, 6.07) is 0. The van der Waals surface area contributed by atoms with Crippen molar-refractivity contribution < 1.29 is 56.3 Å². The molecule has 0 spiro atoms. The molecular weight excluding hydrogens is 529 g/mol. The van der Waals surface area contributed by atoms with Gasteiger partial charge in [-0.2, -0.15) is 8.62 Å². The number of ether oxygens (including phenoxy) is 1. The van der Waals surface area contributed by atoms with Crippen molar-refractivity contribution in [3.05, 3.63) is 23.1 Å². The molecule has 2 aromatic heterocycles. The van der Waals surface area contributed by atoms with Gasteiger partial charge in [0.25, 0.3) is 0 Å². The molecule has 7 N–H and O–H groups in total. The number of imidazole rings is 1. The maximum absolute atomic E-state index is 12.0. The average Bonchev–Trinajstić information content (AvgIpc) is 3.19. The zero-order valence-corrected chi connectivity index (χ0v) is 19.4. The van der Waals surface area contributed by atoms with E-state index in [1.165, 1.54) is 17.8 Å². The SMILES string of the molecule is C[C@@]1(N=[N+]=[N-])[C@H](O)[C@@H](COP(=O)(O)OP(=O)(O)OP(=O)(O)O)O[C@H]1n1cnc2c(N)ncnc21. The number of hydrogen-bond acceptors (Lipinski definition) is 13. The highest BCUT2D eigenvalue weighted by molar-refractivity contribution is 7.66. The summed E-state index contributed by atoms with van der Waals surface area (Å²) >= 11 is 0. The van der Waals surface area contributed by atoms with Crippen molar-refractivity contribution in [1.82, 2.24) is 19.5 Å². The first-order chi connectivity index (χ1) is 15.6. The predicted molar refractivity (Wildman–Crippen MR) is 107 cm³/mol. The summed E-state index contributed by atoms with van der Waals surface area (Å²) < 4.78 is 52.7. The molecule has 3 heterocycles. The molecule has 6 atom stereocenters. The normalized spacial score (nSPS) is 28.8. The quantitative estimate of drug-likeness (QED) is 0.105. The third kappa shape index (κ3) is 5.62. The Balaban J connectivity index is 1.83. The van der Waals surface area contributed by atoms with Crippen molar-refractivity contribution in [3.8, 4) is 0 Å².